The number of ether oxygens (including phenoxy) is 2. The quantitative estimate of drug-likeness (QED) is 0.391. The lowest BCUT2D eigenvalue weighted by Crippen LogP contribution is -2.51. The van der Waals surface area contributed by atoms with E-state index in [1.807, 2.05) is 0 Å². The molecule has 1 aliphatic heterocycles. The van der Waals surface area contributed by atoms with Crippen LogP contribution in [0.5, 0.6) is 0 Å². The summed E-state index contributed by atoms with van der Waals surface area (Å²) in [6, 6.07) is 12.5. The van der Waals surface area contributed by atoms with Crippen molar-refractivity contribution in [1.82, 2.24) is 9.88 Å². The van der Waals surface area contributed by atoms with Crippen molar-refractivity contribution in [3.05, 3.63) is 76.0 Å². The van der Waals surface area contributed by atoms with Gasteiger partial charge in [0.25, 0.3) is 5.69 Å². The maximum Gasteiger partial charge on any atom is 0.422 e. The Morgan fingerprint density at radius 3 is 2.48 bits per heavy atom. The molecule has 0 amide bonds. The number of nitrogens with zero attached hydrogens (tertiary/aromatic N) is 2. The molecule has 2 heterocycles. The summed E-state index contributed by atoms with van der Waals surface area (Å²) in [6.45, 7) is -0.0133. The van der Waals surface area contributed by atoms with Gasteiger partial charge >= 0.3 is 6.18 Å². The van der Waals surface area contributed by atoms with E-state index in [0.29, 0.717) is 13.2 Å². The highest BCUT2D eigenvalue weighted by molar-refractivity contribution is 5.87. The van der Waals surface area contributed by atoms with E-state index < -0.39 is 35.1 Å². The van der Waals surface area contributed by atoms with E-state index in [1.165, 1.54) is 22.9 Å². The molecule has 0 saturated carbocycles. The number of aliphatic hydroxyl groups is 1. The Morgan fingerprint density at radius 2 is 1.85 bits per heavy atom. The fourth-order valence-electron chi connectivity index (χ4n) is 3.88. The van der Waals surface area contributed by atoms with Gasteiger partial charge < -0.3 is 24.5 Å². The van der Waals surface area contributed by atoms with Crippen molar-refractivity contribution in [3.8, 4) is 0 Å². The Hall–Kier alpha value is -2.99. The molecule has 0 radical (unpaired) electrons. The second-order valence-electron chi connectivity index (χ2n) is 7.77. The van der Waals surface area contributed by atoms with Crippen molar-refractivity contribution in [2.24, 2.45) is 0 Å². The van der Waals surface area contributed by atoms with Crippen molar-refractivity contribution >= 4 is 16.6 Å². The topological polar surface area (TPSA) is 98.8 Å². The molecule has 1 atom stereocenters. The highest BCUT2D eigenvalue weighted by Gasteiger charge is 2.56. The van der Waals surface area contributed by atoms with Gasteiger partial charge in [-0.2, -0.15) is 13.2 Å². The number of non-ortho nitro benzene ring substituents is 1. The van der Waals surface area contributed by atoms with Crippen molar-refractivity contribution in [2.75, 3.05) is 26.3 Å². The summed E-state index contributed by atoms with van der Waals surface area (Å²) in [5.41, 5.74) is -2.89. The van der Waals surface area contributed by atoms with Crippen LogP contribution in [0.1, 0.15) is 11.1 Å². The molecule has 1 fully saturated rings. The molecule has 8 nitrogen and oxygen atoms in total. The fraction of sp³-hybridized carbons (Fsp3) is 0.364. The van der Waals surface area contributed by atoms with Crippen molar-refractivity contribution < 1.29 is 32.7 Å². The van der Waals surface area contributed by atoms with Crippen LogP contribution in [-0.2, 0) is 21.6 Å². The first kappa shape index (κ1) is 23.2. The molecule has 2 N–H and O–H groups in total. The second-order valence-corrected chi connectivity index (χ2v) is 7.77. The van der Waals surface area contributed by atoms with Gasteiger partial charge in [0.05, 0.1) is 23.7 Å². The number of nitro benzene ring substituents is 1. The molecule has 2 aromatic carbocycles. The van der Waals surface area contributed by atoms with Crippen LogP contribution in [0.3, 0.4) is 0 Å². The zero-order valence-corrected chi connectivity index (χ0v) is 17.4. The maximum atomic E-state index is 14.2. The summed E-state index contributed by atoms with van der Waals surface area (Å²) in [5, 5.41) is 24.9. The fourth-order valence-corrected chi connectivity index (χ4v) is 3.88. The van der Waals surface area contributed by atoms with Gasteiger partial charge in [-0.3, -0.25) is 10.1 Å². The van der Waals surface area contributed by atoms with Crippen LogP contribution in [-0.4, -0.2) is 53.4 Å². The molecule has 33 heavy (non-hydrogen) atoms. The van der Waals surface area contributed by atoms with Gasteiger partial charge in [-0.05, 0) is 11.6 Å². The number of alkyl halides is 3. The summed E-state index contributed by atoms with van der Waals surface area (Å²) >= 11 is 0. The van der Waals surface area contributed by atoms with E-state index in [2.05, 4.69) is 5.32 Å². The first-order valence-corrected chi connectivity index (χ1v) is 10.2. The lowest BCUT2D eigenvalue weighted by Gasteiger charge is -2.31. The highest BCUT2D eigenvalue weighted by Crippen LogP contribution is 2.43. The van der Waals surface area contributed by atoms with Crippen molar-refractivity contribution in [2.45, 2.75) is 24.6 Å². The second kappa shape index (κ2) is 9.10. The van der Waals surface area contributed by atoms with Crippen molar-refractivity contribution in [3.63, 3.8) is 0 Å². The van der Waals surface area contributed by atoms with E-state index in [0.717, 1.165) is 11.6 Å². The molecule has 176 valence electrons. The molecule has 1 unspecified atom stereocenters. The number of hydrogen-bond donors (Lipinski definition) is 2. The Kier molecular flexibility index (Phi) is 6.39. The molecule has 3 aromatic rings. The van der Waals surface area contributed by atoms with E-state index in [4.69, 9.17) is 9.47 Å². The number of hydrogen-bond acceptors (Lipinski definition) is 6. The number of rotatable bonds is 8. The Morgan fingerprint density at radius 1 is 1.15 bits per heavy atom. The molecule has 1 aromatic heterocycles. The summed E-state index contributed by atoms with van der Waals surface area (Å²) < 4.78 is 54.5. The summed E-state index contributed by atoms with van der Waals surface area (Å²) in [4.78, 5) is 10.7. The Balaban J connectivity index is 1.76. The first-order valence-electron chi connectivity index (χ1n) is 10.2. The lowest BCUT2D eigenvalue weighted by atomic mass is 9.92. The van der Waals surface area contributed by atoms with E-state index in [9.17, 15) is 28.4 Å². The highest BCUT2D eigenvalue weighted by atomic mass is 19.4. The molecule has 0 spiro atoms. The van der Waals surface area contributed by atoms with Crippen LogP contribution in [0.4, 0.5) is 18.9 Å². The Labute approximate surface area is 186 Å². The molecule has 1 aliphatic rings. The first-order chi connectivity index (χ1) is 15.7. The number of benzene rings is 2. The van der Waals surface area contributed by atoms with E-state index in [-0.39, 0.29) is 29.7 Å². The van der Waals surface area contributed by atoms with Gasteiger partial charge in [-0.1, -0.05) is 30.3 Å². The smallest absolute Gasteiger partial charge is 0.375 e. The zero-order valence-electron chi connectivity index (χ0n) is 17.4. The molecule has 0 aliphatic carbocycles. The van der Waals surface area contributed by atoms with E-state index >= 15 is 0 Å². The van der Waals surface area contributed by atoms with E-state index in [1.54, 1.807) is 30.3 Å². The van der Waals surface area contributed by atoms with Crippen LogP contribution in [0.25, 0.3) is 10.9 Å². The third-order valence-corrected chi connectivity index (χ3v) is 5.57. The standard InChI is InChI=1S/C22H22F3N3O5/c23-22(24,25)21(29,14-26-11-20-32-8-9-33-20)18-13-27(12-15-4-2-1-3-5-15)19-10-16(28(30)31)6-7-17(18)19/h1-7,10,13,20,26,29H,8-9,11-12,14H2. The summed E-state index contributed by atoms with van der Waals surface area (Å²) in [5.74, 6) is 0. The molecule has 11 heteroatoms. The minimum absolute atomic E-state index is 0.0352. The molecule has 1 saturated heterocycles. The van der Waals surface area contributed by atoms with Gasteiger partial charge in [-0.25, -0.2) is 0 Å². The van der Waals surface area contributed by atoms with Crippen LogP contribution >= 0.6 is 0 Å². The number of aromatic nitrogens is 1. The van der Waals surface area contributed by atoms with Gasteiger partial charge in [0.2, 0.25) is 0 Å². The van der Waals surface area contributed by atoms with Gasteiger partial charge in [0.15, 0.2) is 11.9 Å². The van der Waals surface area contributed by atoms with Crippen molar-refractivity contribution in [1.29, 1.82) is 0 Å². The van der Waals surface area contributed by atoms with Gasteiger partial charge in [-0.15, -0.1) is 0 Å². The van der Waals surface area contributed by atoms with Crippen LogP contribution in [0.2, 0.25) is 0 Å². The third-order valence-electron chi connectivity index (χ3n) is 5.57. The number of nitro groups is 1. The normalized spacial score (nSPS) is 16.8. The average molecular weight is 465 g/mol. The zero-order chi connectivity index (χ0) is 23.6. The Bertz CT molecular complexity index is 1130. The predicted octanol–water partition coefficient (Wildman–Crippen LogP) is 3.31. The lowest BCUT2D eigenvalue weighted by molar-refractivity contribution is -0.384. The predicted molar refractivity (Wildman–Crippen MR) is 113 cm³/mol. The summed E-state index contributed by atoms with van der Waals surface area (Å²) in [7, 11) is 0. The minimum atomic E-state index is -5.02. The monoisotopic (exact) mass is 465 g/mol. The maximum absolute atomic E-state index is 14.2. The van der Waals surface area contributed by atoms with Crippen LogP contribution in [0.15, 0.2) is 54.7 Å². The van der Waals surface area contributed by atoms with Gasteiger partial charge in [0, 0.05) is 48.9 Å². The van der Waals surface area contributed by atoms with Crippen LogP contribution in [0, 0.1) is 10.1 Å². The SMILES string of the molecule is O=[N+]([O-])c1ccc2c(C(O)(CNCC3OCCO3)C(F)(F)F)cn(Cc3ccccc3)c2c1. The summed E-state index contributed by atoms with van der Waals surface area (Å²) in [6.07, 6.45) is -4.51. The molecule has 4 rings (SSSR count). The largest absolute Gasteiger partial charge is 0.422 e. The molecular weight excluding hydrogens is 443 g/mol. The average Bonchev–Trinajstić information content (AvgIpc) is 3.41. The van der Waals surface area contributed by atoms with Crippen LogP contribution < -0.4 is 5.32 Å². The number of nitrogens with one attached hydrogen (secondary N) is 1. The van der Waals surface area contributed by atoms with Gasteiger partial charge in [0.1, 0.15) is 0 Å². The third kappa shape index (κ3) is 4.71. The number of halogens is 3. The number of fused-ring (bicyclic) bond motifs is 1. The molecule has 0 bridgehead atoms. The minimum Gasteiger partial charge on any atom is -0.375 e. The molecular formula is C22H22F3N3O5.